The van der Waals surface area contributed by atoms with Gasteiger partial charge in [0.2, 0.25) is 0 Å². The predicted octanol–water partition coefficient (Wildman–Crippen LogP) is 26.3. The zero-order chi connectivity index (χ0) is 70.1. The van der Waals surface area contributed by atoms with E-state index in [0.29, 0.717) is 11.7 Å². The zero-order valence-corrected chi connectivity index (χ0v) is 58.2. The molecular formula is C98H66N4O4. The molecule has 0 amide bonds. The van der Waals surface area contributed by atoms with E-state index in [1.54, 1.807) is 0 Å². The van der Waals surface area contributed by atoms with Gasteiger partial charge in [-0.3, -0.25) is 9.98 Å². The maximum absolute atomic E-state index is 7.00. The number of aliphatic imine (C=N–C) groups is 4. The topological polar surface area (TPSA) is 102 Å². The minimum absolute atomic E-state index is 0.122. The van der Waals surface area contributed by atoms with Gasteiger partial charge in [-0.25, -0.2) is 9.98 Å². The Hall–Kier alpha value is -13.3. The lowest BCUT2D eigenvalue weighted by Crippen LogP contribution is -2.12. The summed E-state index contributed by atoms with van der Waals surface area (Å²) in [4.78, 5) is 22.6. The molecule has 0 bridgehead atoms. The Bertz CT molecular complexity index is 6960. The van der Waals surface area contributed by atoms with Gasteiger partial charge < -0.3 is 17.7 Å². The predicted molar refractivity (Wildman–Crippen MR) is 437 cm³/mol. The number of benzene rings is 15. The molecule has 4 unspecified atom stereocenters. The van der Waals surface area contributed by atoms with Crippen LogP contribution in [0.4, 0.5) is 0 Å². The van der Waals surface area contributed by atoms with Crippen molar-refractivity contribution >= 4 is 132 Å². The molecule has 502 valence electrons. The van der Waals surface area contributed by atoms with Crippen molar-refractivity contribution < 1.29 is 17.7 Å². The van der Waals surface area contributed by atoms with E-state index in [1.165, 1.54) is 27.1 Å². The first-order chi connectivity index (χ1) is 52.3. The van der Waals surface area contributed by atoms with E-state index in [2.05, 4.69) is 299 Å². The number of fused-ring (bicyclic) bond motifs is 14. The van der Waals surface area contributed by atoms with Crippen molar-refractivity contribution in [3.8, 4) is 44.5 Å². The van der Waals surface area contributed by atoms with Gasteiger partial charge in [0.05, 0.1) is 23.5 Å². The highest BCUT2D eigenvalue weighted by Crippen LogP contribution is 2.46. The summed E-state index contributed by atoms with van der Waals surface area (Å²) < 4.78 is 27.1. The molecule has 0 saturated heterocycles. The third kappa shape index (κ3) is 10.4. The lowest BCUT2D eigenvalue weighted by atomic mass is 9.88. The molecule has 106 heavy (non-hydrogen) atoms. The maximum atomic E-state index is 7.00. The van der Waals surface area contributed by atoms with Crippen LogP contribution in [-0.4, -0.2) is 23.1 Å². The first-order valence-electron chi connectivity index (χ1n) is 36.6. The van der Waals surface area contributed by atoms with Crippen LogP contribution in [0.2, 0.25) is 0 Å². The normalized spacial score (nSPS) is 16.5. The second-order valence-corrected chi connectivity index (χ2v) is 28.8. The van der Waals surface area contributed by atoms with Crippen molar-refractivity contribution in [3.05, 3.63) is 349 Å². The number of furan rings is 4. The summed E-state index contributed by atoms with van der Waals surface area (Å²) >= 11 is 0. The molecule has 0 saturated carbocycles. The van der Waals surface area contributed by atoms with Gasteiger partial charge in [0.1, 0.15) is 44.7 Å². The van der Waals surface area contributed by atoms with E-state index < -0.39 is 0 Å². The van der Waals surface area contributed by atoms with Gasteiger partial charge in [-0.05, 0) is 199 Å². The smallest absolute Gasteiger partial charge is 0.156 e. The molecule has 0 spiro atoms. The maximum Gasteiger partial charge on any atom is 0.156 e. The average Bonchev–Trinajstić information content (AvgIpc) is 1.58. The fourth-order valence-electron chi connectivity index (χ4n) is 16.8. The third-order valence-corrected chi connectivity index (χ3v) is 22.2. The van der Waals surface area contributed by atoms with Gasteiger partial charge in [-0.1, -0.05) is 232 Å². The van der Waals surface area contributed by atoms with E-state index in [-0.39, 0.29) is 23.9 Å². The molecular weight excluding hydrogens is 1300 g/mol. The molecule has 19 aromatic rings. The van der Waals surface area contributed by atoms with Crippen molar-refractivity contribution in [2.24, 2.45) is 31.8 Å². The summed E-state index contributed by atoms with van der Waals surface area (Å²) in [6, 6.07) is 112. The minimum Gasteiger partial charge on any atom is -0.456 e. The highest BCUT2D eigenvalue weighted by molar-refractivity contribution is 6.26. The van der Waals surface area contributed by atoms with Crippen LogP contribution in [0.15, 0.2) is 353 Å². The first kappa shape index (κ1) is 61.4. The summed E-state index contributed by atoms with van der Waals surface area (Å²) in [5, 5.41) is 13.1. The Labute approximate surface area is 610 Å². The SMILES string of the molecule is CC1CC(c2ccccc2)=NC(c2ccc(-c3ccc4c(c3)oc3ccccc34)c3oc4ccccc4c23)=NC1c1ccc(-c2cccc(-c3ccc4oc5cc(-c6ccc(C7=NC(c8ccc9ccccc9c8)C(C)CC(c8ccc9ccccc9c8)=N7)c7c6oc6ccccc67)ccc5c4c3)c2)cc1. The van der Waals surface area contributed by atoms with Gasteiger partial charge in [0, 0.05) is 65.3 Å². The van der Waals surface area contributed by atoms with Crippen molar-refractivity contribution in [1.82, 2.24) is 0 Å². The third-order valence-electron chi connectivity index (χ3n) is 22.2. The molecule has 0 radical (unpaired) electrons. The van der Waals surface area contributed by atoms with Gasteiger partial charge >= 0.3 is 0 Å². The van der Waals surface area contributed by atoms with Crippen molar-refractivity contribution in [1.29, 1.82) is 0 Å². The molecule has 15 aromatic carbocycles. The molecule has 8 heteroatoms. The minimum atomic E-state index is -0.193. The zero-order valence-electron chi connectivity index (χ0n) is 58.2. The van der Waals surface area contributed by atoms with Crippen molar-refractivity contribution in [3.63, 3.8) is 0 Å². The number of hydrogen-bond acceptors (Lipinski definition) is 8. The van der Waals surface area contributed by atoms with Crippen LogP contribution >= 0.6 is 0 Å². The van der Waals surface area contributed by atoms with E-state index in [4.69, 9.17) is 37.6 Å². The summed E-state index contributed by atoms with van der Waals surface area (Å²) in [5.41, 5.74) is 23.3. The van der Waals surface area contributed by atoms with Crippen LogP contribution in [0.25, 0.3) is 154 Å². The highest BCUT2D eigenvalue weighted by atomic mass is 16.3. The van der Waals surface area contributed by atoms with Crippen LogP contribution in [0.1, 0.15) is 72.2 Å². The highest BCUT2D eigenvalue weighted by Gasteiger charge is 2.31. The molecule has 6 heterocycles. The van der Waals surface area contributed by atoms with Crippen LogP contribution in [0.3, 0.4) is 0 Å². The Morgan fingerprint density at radius 2 is 0.679 bits per heavy atom. The Kier molecular flexibility index (Phi) is 14.3. The molecule has 0 fully saturated rings. The number of para-hydroxylation sites is 3. The van der Waals surface area contributed by atoms with Crippen molar-refractivity contribution in [2.45, 2.75) is 38.8 Å². The van der Waals surface area contributed by atoms with Gasteiger partial charge in [-0.15, -0.1) is 0 Å². The molecule has 4 aromatic heterocycles. The van der Waals surface area contributed by atoms with Gasteiger partial charge in [0.15, 0.2) is 11.7 Å². The van der Waals surface area contributed by atoms with E-state index in [0.717, 1.165) is 184 Å². The van der Waals surface area contributed by atoms with E-state index in [9.17, 15) is 0 Å². The summed E-state index contributed by atoms with van der Waals surface area (Å²) in [6.07, 6.45) is 1.49. The number of amidine groups is 2. The summed E-state index contributed by atoms with van der Waals surface area (Å²) in [5.74, 6) is 1.65. The monoisotopic (exact) mass is 1360 g/mol. The first-order valence-corrected chi connectivity index (χ1v) is 36.6. The molecule has 8 nitrogen and oxygen atoms in total. The molecule has 21 rings (SSSR count). The second kappa shape index (κ2) is 24.7. The Balaban J connectivity index is 0.607. The van der Waals surface area contributed by atoms with Gasteiger partial charge in [0.25, 0.3) is 0 Å². The number of hydrogen-bond donors (Lipinski definition) is 0. The standard InChI is InChI=1S/C98H66N4O4/c1-57-49-83(62-19-4-3-5-20-62)99-97(80-46-44-73(95-91(80)78-26-11-14-29-86(78)105-95)69-39-42-76-75-25-10-13-28-85(75)103-89(76)55-69)101-93(57)63-35-31-61(32-36-63)66-23-16-24-67(51-66)68-41-48-88-82(54-68)77-43-40-70(56-90(77)104-88)74-45-47-81(92-79-27-12-15-30-87(79)106-96(74)92)98-100-84(71-37-33-59-17-6-8-21-64(59)52-71)50-58(2)94(102-98)72-38-34-60-18-7-9-22-65(60)53-72/h3-48,51-58,93-94H,49-50H2,1-2H3. The number of rotatable bonds is 10. The Morgan fingerprint density at radius 3 is 1.30 bits per heavy atom. The quantitative estimate of drug-likeness (QED) is 0.136. The molecule has 0 aliphatic carbocycles. The van der Waals surface area contributed by atoms with Crippen LogP contribution in [-0.2, 0) is 0 Å². The van der Waals surface area contributed by atoms with Crippen LogP contribution in [0.5, 0.6) is 0 Å². The van der Waals surface area contributed by atoms with Gasteiger partial charge in [-0.2, -0.15) is 0 Å². The van der Waals surface area contributed by atoms with E-state index in [1.807, 2.05) is 30.3 Å². The van der Waals surface area contributed by atoms with Crippen molar-refractivity contribution in [2.75, 3.05) is 0 Å². The lowest BCUT2D eigenvalue weighted by Gasteiger charge is -2.20. The van der Waals surface area contributed by atoms with Crippen LogP contribution in [0, 0.1) is 11.8 Å². The largest absolute Gasteiger partial charge is 0.456 e. The average molecular weight is 1360 g/mol. The lowest BCUT2D eigenvalue weighted by molar-refractivity contribution is 0.493. The molecule has 2 aliphatic rings. The molecule has 2 aliphatic heterocycles. The second-order valence-electron chi connectivity index (χ2n) is 28.8. The van der Waals surface area contributed by atoms with E-state index >= 15 is 0 Å². The van der Waals surface area contributed by atoms with Crippen LogP contribution < -0.4 is 0 Å². The fourth-order valence-corrected chi connectivity index (χ4v) is 16.8. The number of nitrogens with zero attached hydrogens (tertiary/aromatic N) is 4. The molecule has 4 atom stereocenters. The summed E-state index contributed by atoms with van der Waals surface area (Å²) in [7, 11) is 0. The summed E-state index contributed by atoms with van der Waals surface area (Å²) in [6.45, 7) is 4.62. The Morgan fingerprint density at radius 1 is 0.255 bits per heavy atom. The fraction of sp³-hybridized carbons (Fsp3) is 0.0816. The molecule has 0 N–H and O–H groups in total.